The van der Waals surface area contributed by atoms with Crippen molar-refractivity contribution in [1.29, 1.82) is 0 Å². The van der Waals surface area contributed by atoms with Crippen molar-refractivity contribution in [3.05, 3.63) is 54.2 Å². The maximum atomic E-state index is 12.9. The number of hydrogen-bond donors (Lipinski definition) is 1. The molecule has 0 saturated heterocycles. The van der Waals surface area contributed by atoms with Gasteiger partial charge < -0.3 is 9.72 Å². The van der Waals surface area contributed by atoms with Crippen LogP contribution in [0.2, 0.25) is 0 Å². The molecule has 0 aliphatic rings. The van der Waals surface area contributed by atoms with Gasteiger partial charge in [-0.25, -0.2) is 9.59 Å². The van der Waals surface area contributed by atoms with E-state index in [2.05, 4.69) is 4.98 Å². The van der Waals surface area contributed by atoms with E-state index in [1.807, 2.05) is 0 Å². The molecule has 3 heterocycles. The fraction of sp³-hybridized carbons (Fsp3) is 0.438. The van der Waals surface area contributed by atoms with E-state index in [4.69, 9.17) is 4.74 Å². The van der Waals surface area contributed by atoms with E-state index in [9.17, 15) is 27.6 Å². The number of aromatic nitrogens is 4. The molecule has 0 radical (unpaired) electrons. The zero-order chi connectivity index (χ0) is 20.6. The lowest BCUT2D eigenvalue weighted by molar-refractivity contribution is -0.141. The maximum Gasteiger partial charge on any atom is 0.406 e. The van der Waals surface area contributed by atoms with Gasteiger partial charge in [-0.05, 0) is 12.5 Å². The SMILES string of the molecule is COCCn1c(=O)n(CC(F)(F)F)c(=O)c2c(C)c(Cn3cc[nH]c3=O)sc21. The lowest BCUT2D eigenvalue weighted by Crippen LogP contribution is -2.43. The number of hydrogen-bond acceptors (Lipinski definition) is 5. The highest BCUT2D eigenvalue weighted by atomic mass is 32.1. The van der Waals surface area contributed by atoms with Crippen LogP contribution in [0.15, 0.2) is 26.8 Å². The van der Waals surface area contributed by atoms with Crippen LogP contribution in [0.1, 0.15) is 10.4 Å². The molecule has 0 unspecified atom stereocenters. The van der Waals surface area contributed by atoms with Crippen molar-refractivity contribution in [2.45, 2.75) is 32.7 Å². The van der Waals surface area contributed by atoms with Gasteiger partial charge >= 0.3 is 17.6 Å². The molecule has 0 atom stereocenters. The van der Waals surface area contributed by atoms with E-state index in [0.29, 0.717) is 10.4 Å². The normalized spacial score (nSPS) is 12.2. The standard InChI is InChI=1S/C16H17F3N4O4S/c1-9-10(7-21-4-3-20-14(21)25)28-13-11(9)12(24)23(8-16(17,18)19)15(26)22(13)5-6-27-2/h3-4H,5-8H2,1-2H3,(H,20,25). The Morgan fingerprint density at radius 1 is 1.21 bits per heavy atom. The van der Waals surface area contributed by atoms with Gasteiger partial charge in [-0.1, -0.05) is 0 Å². The highest BCUT2D eigenvalue weighted by Crippen LogP contribution is 2.28. The minimum atomic E-state index is -4.72. The summed E-state index contributed by atoms with van der Waals surface area (Å²) in [5.41, 5.74) is -1.95. The molecule has 0 aromatic carbocycles. The first kappa shape index (κ1) is 20.1. The first-order valence-corrected chi connectivity index (χ1v) is 9.01. The molecule has 0 aliphatic heterocycles. The zero-order valence-corrected chi connectivity index (χ0v) is 15.8. The summed E-state index contributed by atoms with van der Waals surface area (Å²) in [6, 6.07) is 0. The Hall–Kier alpha value is -2.60. The molecule has 28 heavy (non-hydrogen) atoms. The Morgan fingerprint density at radius 2 is 1.93 bits per heavy atom. The molecule has 0 bridgehead atoms. The van der Waals surface area contributed by atoms with Crippen molar-refractivity contribution in [2.24, 2.45) is 0 Å². The molecule has 3 aromatic rings. The number of halogens is 3. The van der Waals surface area contributed by atoms with Crippen LogP contribution in [0.5, 0.6) is 0 Å². The number of imidazole rings is 1. The zero-order valence-electron chi connectivity index (χ0n) is 15.0. The monoisotopic (exact) mass is 418 g/mol. The molecule has 152 valence electrons. The van der Waals surface area contributed by atoms with Gasteiger partial charge in [0.1, 0.15) is 11.4 Å². The van der Waals surface area contributed by atoms with Crippen molar-refractivity contribution in [2.75, 3.05) is 13.7 Å². The number of nitrogens with one attached hydrogen (secondary N) is 1. The third-order valence-electron chi connectivity index (χ3n) is 4.29. The molecule has 1 N–H and O–H groups in total. The summed E-state index contributed by atoms with van der Waals surface area (Å²) in [5.74, 6) is 0. The molecule has 12 heteroatoms. The van der Waals surface area contributed by atoms with Crippen molar-refractivity contribution in [3.8, 4) is 0 Å². The molecular formula is C16H17F3N4O4S. The second-order valence-electron chi connectivity index (χ2n) is 6.16. The fourth-order valence-electron chi connectivity index (χ4n) is 2.92. The molecule has 8 nitrogen and oxygen atoms in total. The van der Waals surface area contributed by atoms with Gasteiger partial charge in [-0.3, -0.25) is 18.5 Å². The minimum Gasteiger partial charge on any atom is -0.383 e. The average molecular weight is 418 g/mol. The van der Waals surface area contributed by atoms with Gasteiger partial charge in [0.15, 0.2) is 0 Å². The summed E-state index contributed by atoms with van der Waals surface area (Å²) in [5, 5.41) is 0.0449. The third-order valence-corrected chi connectivity index (χ3v) is 5.59. The van der Waals surface area contributed by atoms with Crippen LogP contribution in [0.3, 0.4) is 0 Å². The number of H-pyrrole nitrogens is 1. The lowest BCUT2D eigenvalue weighted by atomic mass is 10.2. The maximum absolute atomic E-state index is 12.9. The fourth-order valence-corrected chi connectivity index (χ4v) is 4.23. The van der Waals surface area contributed by atoms with Gasteiger partial charge in [0.2, 0.25) is 0 Å². The molecule has 0 saturated carbocycles. The Balaban J connectivity index is 2.26. The largest absolute Gasteiger partial charge is 0.406 e. The Labute approximate surface area is 159 Å². The van der Waals surface area contributed by atoms with Crippen LogP contribution in [0, 0.1) is 6.92 Å². The summed E-state index contributed by atoms with van der Waals surface area (Å²) < 4.78 is 46.4. The minimum absolute atomic E-state index is 0.00648. The van der Waals surface area contributed by atoms with Crippen LogP contribution in [-0.2, 0) is 24.4 Å². The number of thiophene rings is 1. The van der Waals surface area contributed by atoms with Crippen LogP contribution >= 0.6 is 11.3 Å². The number of alkyl halides is 3. The Morgan fingerprint density at radius 3 is 2.50 bits per heavy atom. The molecule has 3 rings (SSSR count). The molecule has 0 spiro atoms. The topological polar surface area (TPSA) is 91.0 Å². The van der Waals surface area contributed by atoms with Gasteiger partial charge in [-0.15, -0.1) is 11.3 Å². The predicted molar refractivity (Wildman–Crippen MR) is 97.2 cm³/mol. The molecule has 0 fully saturated rings. The van der Waals surface area contributed by atoms with Gasteiger partial charge in [0.05, 0.1) is 25.1 Å². The molecular weight excluding hydrogens is 401 g/mol. The van der Waals surface area contributed by atoms with E-state index in [-0.39, 0.29) is 40.2 Å². The van der Waals surface area contributed by atoms with E-state index in [0.717, 1.165) is 15.9 Å². The number of aryl methyl sites for hydroxylation is 1. The second kappa shape index (κ2) is 7.43. The number of rotatable bonds is 6. The Kier molecular flexibility index (Phi) is 5.35. The van der Waals surface area contributed by atoms with Gasteiger partial charge in [0.25, 0.3) is 5.56 Å². The van der Waals surface area contributed by atoms with Crippen LogP contribution in [-0.4, -0.2) is 38.6 Å². The average Bonchev–Trinajstić information content (AvgIpc) is 3.15. The van der Waals surface area contributed by atoms with Crippen molar-refractivity contribution in [3.63, 3.8) is 0 Å². The summed E-state index contributed by atoms with van der Waals surface area (Å²) in [6.07, 6.45) is -1.75. The van der Waals surface area contributed by atoms with Crippen LogP contribution in [0.4, 0.5) is 13.2 Å². The number of nitrogens with zero attached hydrogens (tertiary/aromatic N) is 3. The number of fused-ring (bicyclic) bond motifs is 1. The van der Waals surface area contributed by atoms with Gasteiger partial charge in [0, 0.05) is 24.4 Å². The third kappa shape index (κ3) is 3.69. The van der Waals surface area contributed by atoms with Crippen molar-refractivity contribution < 1.29 is 17.9 Å². The highest BCUT2D eigenvalue weighted by molar-refractivity contribution is 7.18. The van der Waals surface area contributed by atoms with E-state index in [1.54, 1.807) is 6.92 Å². The van der Waals surface area contributed by atoms with E-state index >= 15 is 0 Å². The second-order valence-corrected chi connectivity index (χ2v) is 7.24. The molecule has 0 amide bonds. The Bertz CT molecular complexity index is 1180. The first-order chi connectivity index (χ1) is 13.1. The number of aromatic amines is 1. The summed E-state index contributed by atoms with van der Waals surface area (Å²) in [4.78, 5) is 40.4. The molecule has 0 aliphatic carbocycles. The summed E-state index contributed by atoms with van der Waals surface area (Å²) in [7, 11) is 1.40. The first-order valence-electron chi connectivity index (χ1n) is 8.19. The van der Waals surface area contributed by atoms with Crippen LogP contribution < -0.4 is 16.9 Å². The smallest absolute Gasteiger partial charge is 0.383 e. The number of ether oxygens (including phenoxy) is 1. The molecule has 3 aromatic heterocycles. The van der Waals surface area contributed by atoms with E-state index < -0.39 is 24.0 Å². The van der Waals surface area contributed by atoms with Gasteiger partial charge in [-0.2, -0.15) is 13.2 Å². The number of methoxy groups -OCH3 is 1. The summed E-state index contributed by atoms with van der Waals surface area (Å²) in [6.45, 7) is 0.132. The van der Waals surface area contributed by atoms with Crippen molar-refractivity contribution in [1.82, 2.24) is 18.7 Å². The summed E-state index contributed by atoms with van der Waals surface area (Å²) >= 11 is 1.10. The predicted octanol–water partition coefficient (Wildman–Crippen LogP) is 1.28. The van der Waals surface area contributed by atoms with Crippen LogP contribution in [0.25, 0.3) is 10.2 Å². The van der Waals surface area contributed by atoms with Crippen molar-refractivity contribution >= 4 is 21.6 Å². The van der Waals surface area contributed by atoms with E-state index in [1.165, 1.54) is 24.1 Å². The lowest BCUT2D eigenvalue weighted by Gasteiger charge is -2.13. The quantitative estimate of drug-likeness (QED) is 0.653. The highest BCUT2D eigenvalue weighted by Gasteiger charge is 2.31.